The fourth-order valence-corrected chi connectivity index (χ4v) is 2.30. The molecule has 20 heavy (non-hydrogen) atoms. The predicted octanol–water partition coefficient (Wildman–Crippen LogP) is 3.50. The Labute approximate surface area is 116 Å². The Morgan fingerprint density at radius 1 is 1.05 bits per heavy atom. The Hall–Kier alpha value is -1.43. The summed E-state index contributed by atoms with van der Waals surface area (Å²) in [7, 11) is 0. The molecule has 0 unspecified atom stereocenters. The molecule has 0 aromatic heterocycles. The van der Waals surface area contributed by atoms with E-state index in [-0.39, 0.29) is 5.75 Å². The van der Waals surface area contributed by atoms with Gasteiger partial charge in [-0.05, 0) is 37.1 Å². The molecule has 112 valence electrons. The summed E-state index contributed by atoms with van der Waals surface area (Å²) in [6, 6.07) is 6.01. The van der Waals surface area contributed by atoms with Gasteiger partial charge in [-0.15, -0.1) is 13.2 Å². The lowest BCUT2D eigenvalue weighted by atomic mass is 10.2. The Balaban J connectivity index is 1.68. The van der Waals surface area contributed by atoms with E-state index in [0.29, 0.717) is 18.4 Å². The van der Waals surface area contributed by atoms with Crippen LogP contribution in [0.3, 0.4) is 0 Å². The highest BCUT2D eigenvalue weighted by Gasteiger charge is 2.30. The maximum atomic E-state index is 12.0. The van der Waals surface area contributed by atoms with E-state index >= 15 is 0 Å². The molecule has 0 atom stereocenters. The van der Waals surface area contributed by atoms with Gasteiger partial charge in [0, 0.05) is 12.6 Å². The second-order valence-electron chi connectivity index (χ2n) is 4.80. The van der Waals surface area contributed by atoms with Crippen LogP contribution < -0.4 is 14.8 Å². The zero-order valence-corrected chi connectivity index (χ0v) is 11.1. The van der Waals surface area contributed by atoms with Gasteiger partial charge >= 0.3 is 6.36 Å². The van der Waals surface area contributed by atoms with Crippen LogP contribution in [-0.4, -0.2) is 25.6 Å². The summed E-state index contributed by atoms with van der Waals surface area (Å²) in [6.45, 7) is 1.24. The third-order valence-corrected chi connectivity index (χ3v) is 3.22. The third-order valence-electron chi connectivity index (χ3n) is 3.22. The van der Waals surface area contributed by atoms with Crippen LogP contribution in [0.2, 0.25) is 0 Å². The number of ether oxygens (including phenoxy) is 2. The van der Waals surface area contributed by atoms with Crippen LogP contribution in [0.5, 0.6) is 11.5 Å². The van der Waals surface area contributed by atoms with Crippen molar-refractivity contribution >= 4 is 0 Å². The predicted molar refractivity (Wildman–Crippen MR) is 68.9 cm³/mol. The molecule has 2 rings (SSSR count). The Kier molecular flexibility index (Phi) is 5.11. The summed E-state index contributed by atoms with van der Waals surface area (Å²) in [4.78, 5) is 0. The standard InChI is InChI=1S/C14H18F3NO2/c15-14(16,17)20-13-7-5-12(6-8-13)19-10-9-18-11-3-1-2-4-11/h5-8,11,18H,1-4,9-10H2. The van der Waals surface area contributed by atoms with Gasteiger partial charge in [-0.1, -0.05) is 12.8 Å². The van der Waals surface area contributed by atoms with Gasteiger partial charge in [0.2, 0.25) is 0 Å². The van der Waals surface area contributed by atoms with Crippen molar-refractivity contribution in [2.45, 2.75) is 38.1 Å². The molecule has 1 aromatic rings. The van der Waals surface area contributed by atoms with Crippen molar-refractivity contribution in [1.82, 2.24) is 5.32 Å². The van der Waals surface area contributed by atoms with Crippen molar-refractivity contribution < 1.29 is 22.6 Å². The van der Waals surface area contributed by atoms with Crippen LogP contribution in [0.1, 0.15) is 25.7 Å². The molecule has 1 saturated carbocycles. The normalized spacial score (nSPS) is 16.4. The van der Waals surface area contributed by atoms with Gasteiger partial charge in [0.25, 0.3) is 0 Å². The van der Waals surface area contributed by atoms with E-state index in [1.54, 1.807) is 0 Å². The summed E-state index contributed by atoms with van der Waals surface area (Å²) < 4.78 is 45.2. The highest BCUT2D eigenvalue weighted by Crippen LogP contribution is 2.24. The Morgan fingerprint density at radius 2 is 1.65 bits per heavy atom. The Morgan fingerprint density at radius 3 is 2.25 bits per heavy atom. The monoisotopic (exact) mass is 289 g/mol. The SMILES string of the molecule is FC(F)(F)Oc1ccc(OCCNC2CCCC2)cc1. The van der Waals surface area contributed by atoms with Gasteiger partial charge in [-0.2, -0.15) is 0 Å². The summed E-state index contributed by atoms with van der Waals surface area (Å²) in [5, 5.41) is 3.40. The smallest absolute Gasteiger partial charge is 0.492 e. The van der Waals surface area contributed by atoms with Crippen molar-refractivity contribution in [1.29, 1.82) is 0 Å². The Bertz CT molecular complexity index is 400. The summed E-state index contributed by atoms with van der Waals surface area (Å²) in [5.74, 6) is 0.293. The molecule has 0 bridgehead atoms. The number of rotatable bonds is 6. The lowest BCUT2D eigenvalue weighted by Crippen LogP contribution is -2.30. The van der Waals surface area contributed by atoms with Gasteiger partial charge < -0.3 is 14.8 Å². The number of nitrogens with one attached hydrogen (secondary N) is 1. The van der Waals surface area contributed by atoms with E-state index in [1.165, 1.54) is 49.9 Å². The molecular formula is C14H18F3NO2. The quantitative estimate of drug-likeness (QED) is 0.813. The molecule has 1 aliphatic carbocycles. The molecule has 0 saturated heterocycles. The van der Waals surface area contributed by atoms with Gasteiger partial charge in [-0.25, -0.2) is 0 Å². The number of benzene rings is 1. The van der Waals surface area contributed by atoms with E-state index in [2.05, 4.69) is 10.1 Å². The number of hydrogen-bond acceptors (Lipinski definition) is 3. The van der Waals surface area contributed by atoms with Gasteiger partial charge in [0.1, 0.15) is 18.1 Å². The maximum absolute atomic E-state index is 12.0. The molecule has 0 aliphatic heterocycles. The number of halogens is 3. The zero-order valence-electron chi connectivity index (χ0n) is 11.1. The average molecular weight is 289 g/mol. The first-order valence-corrected chi connectivity index (χ1v) is 6.75. The first-order valence-electron chi connectivity index (χ1n) is 6.75. The van der Waals surface area contributed by atoms with E-state index < -0.39 is 6.36 Å². The van der Waals surface area contributed by atoms with Crippen LogP contribution in [0.4, 0.5) is 13.2 Å². The molecule has 0 spiro atoms. The maximum Gasteiger partial charge on any atom is 0.573 e. The third kappa shape index (κ3) is 5.28. The average Bonchev–Trinajstić information content (AvgIpc) is 2.88. The molecule has 1 aromatic carbocycles. The molecule has 0 radical (unpaired) electrons. The van der Waals surface area contributed by atoms with Crippen LogP contribution in [0.25, 0.3) is 0 Å². The van der Waals surface area contributed by atoms with Crippen LogP contribution in [-0.2, 0) is 0 Å². The first-order chi connectivity index (χ1) is 9.53. The minimum absolute atomic E-state index is 0.242. The molecule has 3 nitrogen and oxygen atoms in total. The molecule has 1 fully saturated rings. The minimum Gasteiger partial charge on any atom is -0.492 e. The fourth-order valence-electron chi connectivity index (χ4n) is 2.30. The van der Waals surface area contributed by atoms with Crippen molar-refractivity contribution in [3.8, 4) is 11.5 Å². The first kappa shape index (κ1) is 15.0. The minimum atomic E-state index is -4.66. The van der Waals surface area contributed by atoms with E-state index in [1.807, 2.05) is 0 Å². The molecule has 0 amide bonds. The summed E-state index contributed by atoms with van der Waals surface area (Å²) in [6.07, 6.45) is 0.318. The lowest BCUT2D eigenvalue weighted by molar-refractivity contribution is -0.274. The largest absolute Gasteiger partial charge is 0.573 e. The van der Waals surface area contributed by atoms with E-state index in [9.17, 15) is 13.2 Å². The number of alkyl halides is 3. The van der Waals surface area contributed by atoms with Gasteiger partial charge in [0.15, 0.2) is 0 Å². The van der Waals surface area contributed by atoms with Crippen molar-refractivity contribution in [3.63, 3.8) is 0 Å². The molecule has 1 aliphatic rings. The van der Waals surface area contributed by atoms with E-state index in [0.717, 1.165) is 6.54 Å². The highest BCUT2D eigenvalue weighted by atomic mass is 19.4. The lowest BCUT2D eigenvalue weighted by Gasteiger charge is -2.13. The molecular weight excluding hydrogens is 271 g/mol. The van der Waals surface area contributed by atoms with Gasteiger partial charge in [-0.3, -0.25) is 0 Å². The summed E-state index contributed by atoms with van der Waals surface area (Å²) in [5.41, 5.74) is 0. The van der Waals surface area contributed by atoms with Crippen molar-refractivity contribution in [3.05, 3.63) is 24.3 Å². The molecule has 6 heteroatoms. The second-order valence-corrected chi connectivity index (χ2v) is 4.80. The van der Waals surface area contributed by atoms with Crippen LogP contribution in [0.15, 0.2) is 24.3 Å². The van der Waals surface area contributed by atoms with Crippen molar-refractivity contribution in [2.75, 3.05) is 13.2 Å². The molecule has 0 heterocycles. The van der Waals surface area contributed by atoms with Crippen LogP contribution in [0, 0.1) is 0 Å². The van der Waals surface area contributed by atoms with Crippen LogP contribution >= 0.6 is 0 Å². The number of hydrogen-bond donors (Lipinski definition) is 1. The molecule has 1 N–H and O–H groups in total. The van der Waals surface area contributed by atoms with Crippen molar-refractivity contribution in [2.24, 2.45) is 0 Å². The fraction of sp³-hybridized carbons (Fsp3) is 0.571. The highest BCUT2D eigenvalue weighted by molar-refractivity contribution is 5.31. The summed E-state index contributed by atoms with van der Waals surface area (Å²) >= 11 is 0. The van der Waals surface area contributed by atoms with E-state index in [4.69, 9.17) is 4.74 Å². The van der Waals surface area contributed by atoms with Gasteiger partial charge in [0.05, 0.1) is 0 Å². The second kappa shape index (κ2) is 6.83. The topological polar surface area (TPSA) is 30.5 Å². The zero-order chi connectivity index (χ0) is 14.4.